The van der Waals surface area contributed by atoms with Crippen LogP contribution in [0.3, 0.4) is 0 Å². The molecular formula is C31H62N8O2S. The van der Waals surface area contributed by atoms with Crippen LogP contribution in [0.4, 0.5) is 5.69 Å². The van der Waals surface area contributed by atoms with Crippen LogP contribution in [-0.2, 0) is 15.5 Å². The fourth-order valence-corrected chi connectivity index (χ4v) is 6.01. The molecular weight excluding hydrogens is 548 g/mol. The molecule has 10 nitrogen and oxygen atoms in total. The minimum Gasteiger partial charge on any atom is -0.379 e. The first kappa shape index (κ1) is 37.0. The van der Waals surface area contributed by atoms with Crippen LogP contribution in [0, 0.1) is 0 Å². The summed E-state index contributed by atoms with van der Waals surface area (Å²) in [5, 5.41) is 0. The van der Waals surface area contributed by atoms with E-state index >= 15 is 0 Å². The third-order valence-electron chi connectivity index (χ3n) is 8.21. The van der Waals surface area contributed by atoms with Gasteiger partial charge < -0.3 is 39.0 Å². The second-order valence-electron chi connectivity index (χ2n) is 12.2. The Labute approximate surface area is 260 Å². The van der Waals surface area contributed by atoms with Gasteiger partial charge in [0.15, 0.2) is 0 Å². The van der Waals surface area contributed by atoms with E-state index in [-0.39, 0.29) is 0 Å². The molecule has 0 aliphatic carbocycles. The molecule has 1 aromatic rings. The first-order valence-corrected chi connectivity index (χ1v) is 17.4. The Morgan fingerprint density at radius 1 is 0.595 bits per heavy atom. The van der Waals surface area contributed by atoms with Gasteiger partial charge in [-0.25, -0.2) is 0 Å². The summed E-state index contributed by atoms with van der Waals surface area (Å²) in [6, 6.07) is 4.12. The lowest BCUT2D eigenvalue weighted by molar-refractivity contribution is 0.0503. The highest BCUT2D eigenvalue weighted by Crippen LogP contribution is 2.13. The van der Waals surface area contributed by atoms with E-state index in [1.54, 1.807) is 0 Å². The van der Waals surface area contributed by atoms with E-state index in [2.05, 4.69) is 87.6 Å². The zero-order valence-electron chi connectivity index (χ0n) is 27.8. The summed E-state index contributed by atoms with van der Waals surface area (Å²) in [6.45, 7) is 18.1. The van der Waals surface area contributed by atoms with Gasteiger partial charge in [-0.2, -0.15) is 0 Å². The Balaban J connectivity index is 0.000000189. The van der Waals surface area contributed by atoms with Gasteiger partial charge in [0.25, 0.3) is 0 Å². The summed E-state index contributed by atoms with van der Waals surface area (Å²) in [5.74, 6) is 1.74. The standard InChI is InChI=1S/C10H15N3.C6H14N2.C5H11NOS.C5H11NO.C5H11N/c1-12-5-7-13(8-6-12)10-3-2-4-11-9-10;1-7-3-5-8(2)6-4-7;1-6-2-4-8(7)5-3-6;1-6-2-4-7-5-3-6;1-6-4-2-3-5-6/h2-4,9H,5-8H2,1H3;3-6H2,1-2H3;2-5H2,1H3;2-5H2,1H3;2-5H2,1H3. The smallest absolute Gasteiger partial charge is 0.0594 e. The number of hydrogen-bond acceptors (Lipinski definition) is 10. The van der Waals surface area contributed by atoms with E-state index in [1.807, 2.05) is 18.5 Å². The maximum Gasteiger partial charge on any atom is 0.0594 e. The third kappa shape index (κ3) is 17.8. The minimum atomic E-state index is -0.503. The highest BCUT2D eigenvalue weighted by molar-refractivity contribution is 7.85. The molecule has 0 unspecified atom stereocenters. The second kappa shape index (κ2) is 22.3. The van der Waals surface area contributed by atoms with Gasteiger partial charge in [0.05, 0.1) is 25.1 Å². The van der Waals surface area contributed by atoms with Crippen LogP contribution in [0.25, 0.3) is 0 Å². The van der Waals surface area contributed by atoms with Crippen LogP contribution in [-0.4, -0.2) is 197 Å². The van der Waals surface area contributed by atoms with Crippen molar-refractivity contribution in [3.8, 4) is 0 Å². The molecule has 0 atom stereocenters. The van der Waals surface area contributed by atoms with E-state index in [1.165, 1.54) is 57.8 Å². The number of pyridine rings is 1. The molecule has 0 aromatic carbocycles. The molecule has 5 aliphatic heterocycles. The summed E-state index contributed by atoms with van der Waals surface area (Å²) in [4.78, 5) is 20.4. The molecule has 5 aliphatic rings. The number of rotatable bonds is 1. The predicted octanol–water partition coefficient (Wildman–Crippen LogP) is 1.04. The van der Waals surface area contributed by atoms with Crippen LogP contribution < -0.4 is 4.90 Å². The van der Waals surface area contributed by atoms with Crippen molar-refractivity contribution < 1.29 is 8.95 Å². The first-order valence-electron chi connectivity index (χ1n) is 15.9. The number of likely N-dealkylation sites (tertiary alicyclic amines) is 1. The number of piperazine rings is 2. The van der Waals surface area contributed by atoms with Crippen molar-refractivity contribution in [3.05, 3.63) is 24.5 Å². The molecule has 1 aromatic heterocycles. The maximum atomic E-state index is 10.7. The maximum absolute atomic E-state index is 10.7. The summed E-state index contributed by atoms with van der Waals surface area (Å²) < 4.78 is 15.8. The average Bonchev–Trinajstić information content (AvgIpc) is 3.50. The lowest BCUT2D eigenvalue weighted by Gasteiger charge is -2.33. The van der Waals surface area contributed by atoms with E-state index in [0.29, 0.717) is 0 Å². The van der Waals surface area contributed by atoms with Gasteiger partial charge in [0.1, 0.15) is 0 Å². The fraction of sp³-hybridized carbons (Fsp3) is 0.839. The zero-order valence-corrected chi connectivity index (χ0v) is 28.6. The first-order chi connectivity index (χ1) is 20.2. The highest BCUT2D eigenvalue weighted by Gasteiger charge is 2.13. The number of morpholine rings is 1. The van der Waals surface area contributed by atoms with Crippen molar-refractivity contribution in [1.82, 2.24) is 34.4 Å². The fourth-order valence-electron chi connectivity index (χ4n) is 4.77. The van der Waals surface area contributed by atoms with Crippen molar-refractivity contribution in [1.29, 1.82) is 0 Å². The Hall–Kier alpha value is -1.18. The van der Waals surface area contributed by atoms with Gasteiger partial charge in [-0.3, -0.25) is 9.19 Å². The van der Waals surface area contributed by atoms with Crippen LogP contribution >= 0.6 is 0 Å². The zero-order chi connectivity index (χ0) is 30.6. The molecule has 0 saturated carbocycles. The molecule has 0 amide bonds. The van der Waals surface area contributed by atoms with Crippen LogP contribution in [0.5, 0.6) is 0 Å². The van der Waals surface area contributed by atoms with Gasteiger partial charge in [0, 0.05) is 107 Å². The Kier molecular flexibility index (Phi) is 19.7. The number of nitrogens with zero attached hydrogens (tertiary/aromatic N) is 8. The van der Waals surface area contributed by atoms with Crippen molar-refractivity contribution in [2.75, 3.05) is 164 Å². The van der Waals surface area contributed by atoms with E-state index in [0.717, 1.165) is 77.1 Å². The molecule has 0 radical (unpaired) electrons. The van der Waals surface area contributed by atoms with Gasteiger partial charge >= 0.3 is 0 Å². The minimum absolute atomic E-state index is 0.503. The molecule has 5 saturated heterocycles. The van der Waals surface area contributed by atoms with Crippen molar-refractivity contribution in [2.45, 2.75) is 12.8 Å². The van der Waals surface area contributed by atoms with Crippen molar-refractivity contribution in [2.24, 2.45) is 0 Å². The molecule has 244 valence electrons. The Morgan fingerprint density at radius 3 is 1.38 bits per heavy atom. The van der Waals surface area contributed by atoms with E-state index < -0.39 is 10.8 Å². The average molecular weight is 611 g/mol. The number of hydrogen-bond donors (Lipinski definition) is 0. The number of likely N-dealkylation sites (N-methyl/N-ethyl adjacent to an activating group) is 4. The van der Waals surface area contributed by atoms with Crippen molar-refractivity contribution >= 4 is 16.5 Å². The number of anilines is 1. The van der Waals surface area contributed by atoms with Gasteiger partial charge in [-0.05, 0) is 80.3 Å². The van der Waals surface area contributed by atoms with Crippen LogP contribution in [0.15, 0.2) is 24.5 Å². The van der Waals surface area contributed by atoms with Gasteiger partial charge in [0.2, 0.25) is 0 Å². The number of aromatic nitrogens is 1. The second-order valence-corrected chi connectivity index (χ2v) is 13.9. The summed E-state index contributed by atoms with van der Waals surface area (Å²) in [6.07, 6.45) is 6.58. The topological polar surface area (TPSA) is 61.9 Å². The summed E-state index contributed by atoms with van der Waals surface area (Å²) in [5.41, 5.74) is 1.25. The molecule has 11 heteroatoms. The lowest BCUT2D eigenvalue weighted by Crippen LogP contribution is -2.44. The molecule has 42 heavy (non-hydrogen) atoms. The van der Waals surface area contributed by atoms with Crippen LogP contribution in [0.2, 0.25) is 0 Å². The van der Waals surface area contributed by atoms with E-state index in [4.69, 9.17) is 4.74 Å². The summed E-state index contributed by atoms with van der Waals surface area (Å²) >= 11 is 0. The SMILES string of the molecule is CN1CCCC1.CN1CCN(C)CC1.CN1CCN(c2cccnc2)CC1.CN1CCOCC1.CN1CCS(=O)CC1. The molecule has 0 spiro atoms. The van der Waals surface area contributed by atoms with Crippen molar-refractivity contribution in [3.63, 3.8) is 0 Å². The predicted molar refractivity (Wildman–Crippen MR) is 179 cm³/mol. The van der Waals surface area contributed by atoms with Gasteiger partial charge in [-0.1, -0.05) is 0 Å². The van der Waals surface area contributed by atoms with Crippen LogP contribution in [0.1, 0.15) is 12.8 Å². The highest BCUT2D eigenvalue weighted by atomic mass is 32.2. The largest absolute Gasteiger partial charge is 0.379 e. The molecule has 6 heterocycles. The Morgan fingerprint density at radius 2 is 1.02 bits per heavy atom. The monoisotopic (exact) mass is 610 g/mol. The summed E-state index contributed by atoms with van der Waals surface area (Å²) in [7, 11) is 12.4. The Bertz CT molecular complexity index is 775. The van der Waals surface area contributed by atoms with E-state index in [9.17, 15) is 4.21 Å². The molecule has 0 N–H and O–H groups in total. The lowest BCUT2D eigenvalue weighted by atomic mass is 10.3. The quantitative estimate of drug-likeness (QED) is 0.461. The third-order valence-corrected chi connectivity index (χ3v) is 9.48. The number of ether oxygens (including phenoxy) is 1. The molecule has 0 bridgehead atoms. The van der Waals surface area contributed by atoms with Gasteiger partial charge in [-0.15, -0.1) is 0 Å². The molecule has 6 rings (SSSR count). The molecule has 5 fully saturated rings. The normalized spacial score (nSPS) is 23.7.